The van der Waals surface area contributed by atoms with Crippen LogP contribution in [0.1, 0.15) is 38.1 Å². The zero-order chi connectivity index (χ0) is 22.8. The molecule has 1 unspecified atom stereocenters. The highest BCUT2D eigenvalue weighted by atomic mass is 32.1. The van der Waals surface area contributed by atoms with Gasteiger partial charge in [-0.1, -0.05) is 12.1 Å². The van der Waals surface area contributed by atoms with Crippen LogP contribution in [0.2, 0.25) is 0 Å². The number of benzene rings is 1. The SMILES string of the molecule is Cc1cc(OCc2c(F)cccc2F)n2nc(C)c(C(=O)NC(CO)c3cccs3)c2c1. The van der Waals surface area contributed by atoms with E-state index >= 15 is 0 Å². The minimum Gasteiger partial charge on any atom is -0.473 e. The van der Waals surface area contributed by atoms with Crippen LogP contribution in [0, 0.1) is 25.5 Å². The molecule has 3 aromatic heterocycles. The molecular formula is C23H21F2N3O3S. The lowest BCUT2D eigenvalue weighted by molar-refractivity contribution is 0.0918. The minimum atomic E-state index is -0.700. The standard InChI is InChI=1S/C23H21F2N3O3S/c1-13-9-19-22(23(30)26-18(11-29)20-7-4-8-32-20)14(2)27-28(19)21(10-13)31-12-15-16(24)5-3-6-17(15)25/h3-10,18,29H,11-12H2,1-2H3,(H,26,30). The van der Waals surface area contributed by atoms with Gasteiger partial charge in [0.05, 0.1) is 35.0 Å². The molecule has 2 N–H and O–H groups in total. The van der Waals surface area contributed by atoms with E-state index in [2.05, 4.69) is 10.4 Å². The largest absolute Gasteiger partial charge is 0.473 e. The fourth-order valence-electron chi connectivity index (χ4n) is 3.49. The molecule has 0 aliphatic heterocycles. The van der Waals surface area contributed by atoms with Gasteiger partial charge in [0.25, 0.3) is 5.91 Å². The van der Waals surface area contributed by atoms with Crippen molar-refractivity contribution >= 4 is 22.8 Å². The second kappa shape index (κ2) is 9.05. The molecule has 0 saturated heterocycles. The molecule has 4 aromatic rings. The predicted molar refractivity (Wildman–Crippen MR) is 117 cm³/mol. The lowest BCUT2D eigenvalue weighted by atomic mass is 10.1. The van der Waals surface area contributed by atoms with Crippen molar-refractivity contribution in [3.63, 3.8) is 0 Å². The average Bonchev–Trinajstić information content (AvgIpc) is 3.39. The van der Waals surface area contributed by atoms with Crippen LogP contribution in [0.25, 0.3) is 5.52 Å². The number of nitrogens with zero attached hydrogens (tertiary/aromatic N) is 2. The minimum absolute atomic E-state index is 0.189. The molecular weight excluding hydrogens is 436 g/mol. The number of fused-ring (bicyclic) bond motifs is 1. The second-order valence-electron chi connectivity index (χ2n) is 7.34. The van der Waals surface area contributed by atoms with Crippen molar-refractivity contribution < 1.29 is 23.4 Å². The van der Waals surface area contributed by atoms with E-state index in [-0.39, 0.29) is 30.6 Å². The number of carbonyl (C=O) groups is 1. The van der Waals surface area contributed by atoms with E-state index in [1.807, 2.05) is 24.4 Å². The maximum Gasteiger partial charge on any atom is 0.255 e. The number of aliphatic hydroxyl groups is 1. The number of aryl methyl sites for hydroxylation is 2. The normalized spacial score (nSPS) is 12.2. The van der Waals surface area contributed by atoms with E-state index < -0.39 is 17.7 Å². The van der Waals surface area contributed by atoms with Gasteiger partial charge in [-0.3, -0.25) is 4.79 Å². The lowest BCUT2D eigenvalue weighted by Crippen LogP contribution is -2.30. The third-order valence-corrected chi connectivity index (χ3v) is 6.03. The predicted octanol–water partition coefficient (Wildman–Crippen LogP) is 4.33. The quantitative estimate of drug-likeness (QED) is 0.433. The van der Waals surface area contributed by atoms with Gasteiger partial charge in [-0.15, -0.1) is 11.3 Å². The molecule has 0 spiro atoms. The number of amides is 1. The van der Waals surface area contributed by atoms with Crippen LogP contribution in [0.5, 0.6) is 5.88 Å². The Hall–Kier alpha value is -3.30. The Balaban J connectivity index is 1.66. The first kappa shape index (κ1) is 21.9. The number of halogens is 2. The van der Waals surface area contributed by atoms with Crippen LogP contribution >= 0.6 is 11.3 Å². The summed E-state index contributed by atoms with van der Waals surface area (Å²) in [5.41, 5.74) is 1.88. The first-order valence-electron chi connectivity index (χ1n) is 9.89. The second-order valence-corrected chi connectivity index (χ2v) is 8.32. The number of aromatic nitrogens is 2. The van der Waals surface area contributed by atoms with Crippen molar-refractivity contribution in [2.45, 2.75) is 26.5 Å². The molecule has 166 valence electrons. The lowest BCUT2D eigenvalue weighted by Gasteiger charge is -2.15. The summed E-state index contributed by atoms with van der Waals surface area (Å²) in [6.45, 7) is 2.94. The van der Waals surface area contributed by atoms with E-state index in [1.54, 1.807) is 19.1 Å². The number of pyridine rings is 1. The Bertz CT molecular complexity index is 1250. The number of nitrogens with one attached hydrogen (secondary N) is 1. The summed E-state index contributed by atoms with van der Waals surface area (Å²) in [7, 11) is 0. The Morgan fingerprint density at radius 1 is 1.22 bits per heavy atom. The van der Waals surface area contributed by atoms with Crippen molar-refractivity contribution in [3.8, 4) is 5.88 Å². The highest BCUT2D eigenvalue weighted by Gasteiger charge is 2.23. The molecule has 1 amide bonds. The molecule has 32 heavy (non-hydrogen) atoms. The third-order valence-electron chi connectivity index (χ3n) is 5.05. The van der Waals surface area contributed by atoms with Gasteiger partial charge in [-0.05, 0) is 49.1 Å². The zero-order valence-corrected chi connectivity index (χ0v) is 18.2. The summed E-state index contributed by atoms with van der Waals surface area (Å²) < 4.78 is 35.1. The number of carbonyl (C=O) groups excluding carboxylic acids is 1. The third kappa shape index (κ3) is 4.21. The molecule has 0 saturated carbocycles. The molecule has 1 atom stereocenters. The molecule has 9 heteroatoms. The molecule has 0 aliphatic carbocycles. The maximum atomic E-state index is 14.0. The molecule has 1 aromatic carbocycles. The van der Waals surface area contributed by atoms with Crippen molar-refractivity contribution in [2.24, 2.45) is 0 Å². The van der Waals surface area contributed by atoms with E-state index in [0.29, 0.717) is 16.8 Å². The van der Waals surface area contributed by atoms with Crippen LogP contribution in [-0.4, -0.2) is 27.2 Å². The topological polar surface area (TPSA) is 75.9 Å². The fourth-order valence-corrected chi connectivity index (χ4v) is 4.26. The van der Waals surface area contributed by atoms with Crippen LogP contribution in [0.4, 0.5) is 8.78 Å². The van der Waals surface area contributed by atoms with Crippen LogP contribution in [0.15, 0.2) is 47.8 Å². The van der Waals surface area contributed by atoms with Gasteiger partial charge in [-0.25, -0.2) is 8.78 Å². The number of hydrogen-bond acceptors (Lipinski definition) is 5. The fraction of sp³-hybridized carbons (Fsp3) is 0.217. The van der Waals surface area contributed by atoms with E-state index in [1.165, 1.54) is 34.1 Å². The molecule has 0 radical (unpaired) electrons. The Morgan fingerprint density at radius 2 is 1.97 bits per heavy atom. The van der Waals surface area contributed by atoms with Crippen LogP contribution in [-0.2, 0) is 6.61 Å². The van der Waals surface area contributed by atoms with E-state index in [0.717, 1.165) is 10.4 Å². The number of ether oxygens (including phenoxy) is 1. The van der Waals surface area contributed by atoms with Crippen molar-refractivity contribution in [3.05, 3.63) is 86.7 Å². The smallest absolute Gasteiger partial charge is 0.255 e. The monoisotopic (exact) mass is 457 g/mol. The highest BCUT2D eigenvalue weighted by Crippen LogP contribution is 2.26. The van der Waals surface area contributed by atoms with E-state index in [4.69, 9.17) is 4.74 Å². The van der Waals surface area contributed by atoms with Gasteiger partial charge in [-0.2, -0.15) is 9.61 Å². The first-order chi connectivity index (χ1) is 15.4. The summed E-state index contributed by atoms with van der Waals surface area (Å²) in [4.78, 5) is 13.9. The summed E-state index contributed by atoms with van der Waals surface area (Å²) in [5, 5.41) is 18.9. The Kier molecular flexibility index (Phi) is 6.20. The molecule has 4 rings (SSSR count). The number of hydrogen-bond donors (Lipinski definition) is 2. The number of thiophene rings is 1. The maximum absolute atomic E-state index is 14.0. The molecule has 0 aliphatic rings. The molecule has 6 nitrogen and oxygen atoms in total. The first-order valence-corrected chi connectivity index (χ1v) is 10.8. The van der Waals surface area contributed by atoms with Gasteiger partial charge in [0.15, 0.2) is 0 Å². The zero-order valence-electron chi connectivity index (χ0n) is 17.4. The van der Waals surface area contributed by atoms with Gasteiger partial charge < -0.3 is 15.2 Å². The van der Waals surface area contributed by atoms with Gasteiger partial charge in [0.1, 0.15) is 18.2 Å². The van der Waals surface area contributed by atoms with Gasteiger partial charge in [0, 0.05) is 10.9 Å². The summed E-state index contributed by atoms with van der Waals surface area (Å²) in [6, 6.07) is 10.2. The van der Waals surface area contributed by atoms with Crippen molar-refractivity contribution in [2.75, 3.05) is 6.61 Å². The average molecular weight is 458 g/mol. The molecule has 0 bridgehead atoms. The Morgan fingerprint density at radius 3 is 2.62 bits per heavy atom. The van der Waals surface area contributed by atoms with E-state index in [9.17, 15) is 18.7 Å². The molecule has 0 fully saturated rings. The van der Waals surface area contributed by atoms with Gasteiger partial charge >= 0.3 is 0 Å². The van der Waals surface area contributed by atoms with Crippen LogP contribution in [0.3, 0.4) is 0 Å². The number of aliphatic hydroxyl groups excluding tert-OH is 1. The summed E-state index contributed by atoms with van der Waals surface area (Å²) in [6.07, 6.45) is 0. The van der Waals surface area contributed by atoms with Gasteiger partial charge in [0.2, 0.25) is 5.88 Å². The van der Waals surface area contributed by atoms with Crippen molar-refractivity contribution in [1.29, 1.82) is 0 Å². The van der Waals surface area contributed by atoms with Crippen LogP contribution < -0.4 is 10.1 Å². The Labute approximate surface area is 187 Å². The highest BCUT2D eigenvalue weighted by molar-refractivity contribution is 7.10. The molecule has 3 heterocycles. The van der Waals surface area contributed by atoms with Crippen molar-refractivity contribution in [1.82, 2.24) is 14.9 Å². The summed E-state index contributed by atoms with van der Waals surface area (Å²) >= 11 is 1.44. The number of rotatable bonds is 7. The summed E-state index contributed by atoms with van der Waals surface area (Å²) in [5.74, 6) is -1.54.